The number of carboxylic acid groups (broad SMARTS) is 1. The van der Waals surface area contributed by atoms with Gasteiger partial charge in [0.1, 0.15) is 16.6 Å². The molecule has 0 spiro atoms. The first-order valence-electron chi connectivity index (χ1n) is 8.89. The summed E-state index contributed by atoms with van der Waals surface area (Å²) in [4.78, 5) is 27.4. The minimum absolute atomic E-state index is 0.0395. The molecule has 3 heterocycles. The number of amides is 1. The maximum Gasteiger partial charge on any atom is 0.335 e. The van der Waals surface area contributed by atoms with Crippen molar-refractivity contribution in [1.82, 2.24) is 5.01 Å². The Labute approximate surface area is 170 Å². The van der Waals surface area contributed by atoms with Crippen LogP contribution >= 0.6 is 11.8 Å². The Bertz CT molecular complexity index is 1110. The highest BCUT2D eigenvalue weighted by molar-refractivity contribution is 8.26. The van der Waals surface area contributed by atoms with Gasteiger partial charge in [-0.3, -0.25) is 10.2 Å². The van der Waals surface area contributed by atoms with E-state index in [0.717, 1.165) is 17.9 Å². The molecule has 8 nitrogen and oxygen atoms in total. The van der Waals surface area contributed by atoms with Crippen LogP contribution in [-0.4, -0.2) is 38.0 Å². The number of hydrazone groups is 1. The zero-order chi connectivity index (χ0) is 20.5. The average molecular weight is 408 g/mol. The molecule has 0 atom stereocenters. The van der Waals surface area contributed by atoms with E-state index in [2.05, 4.69) is 10.1 Å². The smallest absolute Gasteiger partial charge is 0.335 e. The summed E-state index contributed by atoms with van der Waals surface area (Å²) in [5.74, 6) is -0.639. The molecular formula is C20H16N4O4S. The lowest BCUT2D eigenvalue weighted by molar-refractivity contribution is -0.114. The van der Waals surface area contributed by atoms with E-state index in [1.54, 1.807) is 24.3 Å². The molecule has 2 aromatic rings. The van der Waals surface area contributed by atoms with Gasteiger partial charge in [0.25, 0.3) is 5.91 Å². The molecule has 0 aliphatic carbocycles. The van der Waals surface area contributed by atoms with E-state index in [1.807, 2.05) is 6.92 Å². The maximum atomic E-state index is 12.4. The van der Waals surface area contributed by atoms with Crippen LogP contribution in [-0.2, 0) is 4.79 Å². The zero-order valence-electron chi connectivity index (χ0n) is 15.4. The van der Waals surface area contributed by atoms with Crippen LogP contribution in [0, 0.1) is 5.41 Å². The average Bonchev–Trinajstić information content (AvgIpc) is 3.32. The van der Waals surface area contributed by atoms with Crippen molar-refractivity contribution >= 4 is 45.8 Å². The number of benzene rings is 1. The largest absolute Gasteiger partial charge is 0.478 e. The molecule has 1 amide bonds. The molecule has 29 heavy (non-hydrogen) atoms. The van der Waals surface area contributed by atoms with Crippen LogP contribution in [0.15, 0.2) is 56.5 Å². The lowest BCUT2D eigenvalue weighted by atomic mass is 10.1. The fraction of sp³-hybridized carbons (Fsp3) is 0.150. The summed E-state index contributed by atoms with van der Waals surface area (Å²) in [6.45, 7) is 2.04. The number of nitrogens with zero attached hydrogens (tertiary/aromatic N) is 3. The van der Waals surface area contributed by atoms with Crippen molar-refractivity contribution in [3.8, 4) is 11.3 Å². The first kappa shape index (κ1) is 18.9. The molecule has 0 bridgehead atoms. The zero-order valence-corrected chi connectivity index (χ0v) is 16.2. The molecule has 0 saturated heterocycles. The number of nitrogens with one attached hydrogen (secondary N) is 1. The highest BCUT2D eigenvalue weighted by Gasteiger charge is 2.35. The predicted molar refractivity (Wildman–Crippen MR) is 111 cm³/mol. The lowest BCUT2D eigenvalue weighted by Crippen LogP contribution is -2.35. The summed E-state index contributed by atoms with van der Waals surface area (Å²) in [6.07, 6.45) is 3.15. The second-order valence-electron chi connectivity index (χ2n) is 6.35. The fourth-order valence-electron chi connectivity index (χ4n) is 2.85. The minimum atomic E-state index is -1.000. The van der Waals surface area contributed by atoms with Gasteiger partial charge >= 0.3 is 5.97 Å². The summed E-state index contributed by atoms with van der Waals surface area (Å²) in [6, 6.07) is 9.68. The Balaban J connectivity index is 1.60. The van der Waals surface area contributed by atoms with Gasteiger partial charge in [0.15, 0.2) is 5.84 Å². The maximum absolute atomic E-state index is 12.4. The van der Waals surface area contributed by atoms with Crippen molar-refractivity contribution in [2.24, 2.45) is 10.1 Å². The highest BCUT2D eigenvalue weighted by atomic mass is 32.2. The van der Waals surface area contributed by atoms with Gasteiger partial charge in [-0.25, -0.2) is 4.79 Å². The molecule has 0 radical (unpaired) electrons. The summed E-state index contributed by atoms with van der Waals surface area (Å²) >= 11 is 1.31. The first-order chi connectivity index (χ1) is 14.0. The van der Waals surface area contributed by atoms with E-state index in [-0.39, 0.29) is 17.0 Å². The number of fused-ring (bicyclic) bond motifs is 1. The fourth-order valence-corrected chi connectivity index (χ4v) is 3.84. The molecular weight excluding hydrogens is 392 g/mol. The topological polar surface area (TPSA) is 119 Å². The van der Waals surface area contributed by atoms with E-state index >= 15 is 0 Å². The molecule has 9 heteroatoms. The first-order valence-corrected chi connectivity index (χ1v) is 9.70. The Morgan fingerprint density at radius 2 is 2.03 bits per heavy atom. The third-order valence-corrected chi connectivity index (χ3v) is 5.26. The third-order valence-electron chi connectivity index (χ3n) is 4.29. The van der Waals surface area contributed by atoms with Crippen LogP contribution in [0.25, 0.3) is 17.4 Å². The number of aliphatic imine (C=N–C) groups is 1. The molecule has 0 unspecified atom stereocenters. The van der Waals surface area contributed by atoms with Gasteiger partial charge in [0, 0.05) is 5.56 Å². The Morgan fingerprint density at radius 1 is 1.28 bits per heavy atom. The van der Waals surface area contributed by atoms with E-state index in [4.69, 9.17) is 14.9 Å². The number of furan rings is 1. The highest BCUT2D eigenvalue weighted by Crippen LogP contribution is 2.30. The second kappa shape index (κ2) is 7.51. The molecule has 2 N–H and O–H groups in total. The number of amidine groups is 2. The molecule has 2 aliphatic heterocycles. The SMILES string of the molecule is CCCC1=NN2C(=N)/C(=C/c3ccc(-c4ccc(C(=O)O)cc4)o3)C(=O)N=C2S1. The standard InChI is InChI=1S/C20H16N4O4S/c1-2-3-16-23-24-17(21)14(18(25)22-20(24)29-16)10-13-8-9-15(28-13)11-4-6-12(7-5-11)19(26)27/h4-10,21H,2-3H2,1H3,(H,26,27)/b14-10-,21-17?. The van der Waals surface area contributed by atoms with Crippen molar-refractivity contribution in [2.75, 3.05) is 0 Å². The van der Waals surface area contributed by atoms with Gasteiger partial charge in [-0.15, -0.1) is 0 Å². The van der Waals surface area contributed by atoms with Gasteiger partial charge in [0.2, 0.25) is 5.17 Å². The van der Waals surface area contributed by atoms with Gasteiger partial charge < -0.3 is 9.52 Å². The lowest BCUT2D eigenvalue weighted by Gasteiger charge is -2.19. The molecule has 4 rings (SSSR count). The van der Waals surface area contributed by atoms with Crippen molar-refractivity contribution in [2.45, 2.75) is 19.8 Å². The number of carbonyl (C=O) groups is 2. The molecule has 146 valence electrons. The molecule has 1 aromatic carbocycles. The monoisotopic (exact) mass is 408 g/mol. The van der Waals surface area contributed by atoms with Crippen molar-refractivity contribution < 1.29 is 19.1 Å². The van der Waals surface area contributed by atoms with Gasteiger partial charge in [-0.05, 0) is 54.9 Å². The van der Waals surface area contributed by atoms with Crippen LogP contribution in [0.1, 0.15) is 35.9 Å². The molecule has 2 aliphatic rings. The number of carboxylic acids is 1. The van der Waals surface area contributed by atoms with Crippen molar-refractivity contribution in [1.29, 1.82) is 5.41 Å². The summed E-state index contributed by atoms with van der Waals surface area (Å²) in [5, 5.41) is 24.3. The number of thioether (sulfide) groups is 1. The van der Waals surface area contributed by atoms with Crippen LogP contribution in [0.3, 0.4) is 0 Å². The third kappa shape index (κ3) is 3.64. The summed E-state index contributed by atoms with van der Waals surface area (Å²) < 4.78 is 5.76. The minimum Gasteiger partial charge on any atom is -0.478 e. The number of aromatic carboxylic acids is 1. The normalized spacial score (nSPS) is 17.4. The number of hydrogen-bond acceptors (Lipinski definition) is 6. The Kier molecular flexibility index (Phi) is 4.89. The summed E-state index contributed by atoms with van der Waals surface area (Å²) in [5.41, 5.74) is 0.983. The van der Waals surface area contributed by atoms with Crippen LogP contribution in [0.2, 0.25) is 0 Å². The quantitative estimate of drug-likeness (QED) is 0.720. The van der Waals surface area contributed by atoms with Crippen molar-refractivity contribution in [3.63, 3.8) is 0 Å². The number of carbonyl (C=O) groups excluding carboxylic acids is 1. The van der Waals surface area contributed by atoms with Gasteiger partial charge in [-0.2, -0.15) is 15.1 Å². The van der Waals surface area contributed by atoms with E-state index in [0.29, 0.717) is 22.3 Å². The van der Waals surface area contributed by atoms with Crippen molar-refractivity contribution in [3.05, 3.63) is 53.3 Å². The van der Waals surface area contributed by atoms with Crippen LogP contribution < -0.4 is 0 Å². The summed E-state index contributed by atoms with van der Waals surface area (Å²) in [7, 11) is 0. The van der Waals surface area contributed by atoms with E-state index in [9.17, 15) is 9.59 Å². The molecule has 0 saturated carbocycles. The second-order valence-corrected chi connectivity index (χ2v) is 7.39. The number of rotatable bonds is 5. The van der Waals surface area contributed by atoms with Gasteiger partial charge in [-0.1, -0.05) is 19.1 Å². The van der Waals surface area contributed by atoms with E-state index < -0.39 is 11.9 Å². The predicted octanol–water partition coefficient (Wildman–Crippen LogP) is 4.06. The van der Waals surface area contributed by atoms with Crippen LogP contribution in [0.4, 0.5) is 0 Å². The number of hydrogen-bond donors (Lipinski definition) is 2. The van der Waals surface area contributed by atoms with Gasteiger partial charge in [0.05, 0.1) is 11.1 Å². The van der Waals surface area contributed by atoms with Crippen LogP contribution in [0.5, 0.6) is 0 Å². The Hall–Kier alpha value is -3.46. The Morgan fingerprint density at radius 3 is 2.72 bits per heavy atom. The molecule has 1 aromatic heterocycles. The molecule has 0 fully saturated rings. The van der Waals surface area contributed by atoms with E-state index in [1.165, 1.54) is 35.0 Å².